The molecule has 3 aromatic rings. The van der Waals surface area contributed by atoms with Crippen molar-refractivity contribution in [3.8, 4) is 0 Å². The van der Waals surface area contributed by atoms with Gasteiger partial charge in [-0.05, 0) is 0 Å². The molecule has 1 aromatic heterocycles. The SMILES string of the molecule is CC1=CC[C]([Zr+2][CH]2C(n3nnc4ccccc43)=Cc3ccccc32)=C1C.[Cl-].[Cl-]. The second kappa shape index (κ2) is 8.49. The van der Waals surface area contributed by atoms with Gasteiger partial charge in [-0.15, -0.1) is 0 Å². The Bertz CT molecular complexity index is 1130. The Morgan fingerprint density at radius 1 is 1.00 bits per heavy atom. The van der Waals surface area contributed by atoms with Crippen molar-refractivity contribution in [3.05, 3.63) is 80.2 Å². The zero-order valence-corrected chi connectivity index (χ0v) is 19.6. The fourth-order valence-corrected chi connectivity index (χ4v) is 8.15. The van der Waals surface area contributed by atoms with Gasteiger partial charge in [-0.3, -0.25) is 0 Å². The van der Waals surface area contributed by atoms with Crippen molar-refractivity contribution in [1.29, 1.82) is 0 Å². The monoisotopic (exact) mass is 485 g/mol. The molecule has 0 bridgehead atoms. The van der Waals surface area contributed by atoms with Crippen LogP contribution in [0, 0.1) is 0 Å². The Kier molecular flexibility index (Phi) is 6.44. The molecule has 28 heavy (non-hydrogen) atoms. The van der Waals surface area contributed by atoms with Gasteiger partial charge in [0.2, 0.25) is 0 Å². The summed E-state index contributed by atoms with van der Waals surface area (Å²) in [5.41, 5.74) is 9.17. The third-order valence-electron chi connectivity index (χ3n) is 5.48. The van der Waals surface area contributed by atoms with Crippen LogP contribution in [0.3, 0.4) is 0 Å². The van der Waals surface area contributed by atoms with Gasteiger partial charge in [-0.1, -0.05) is 0 Å². The van der Waals surface area contributed by atoms with E-state index < -0.39 is 23.2 Å². The first-order valence-electron chi connectivity index (χ1n) is 8.97. The molecule has 0 saturated heterocycles. The van der Waals surface area contributed by atoms with E-state index in [2.05, 4.69) is 77.4 Å². The van der Waals surface area contributed by atoms with Crippen molar-refractivity contribution in [2.45, 2.75) is 23.9 Å². The maximum absolute atomic E-state index is 4.52. The number of rotatable bonds is 3. The predicted octanol–water partition coefficient (Wildman–Crippen LogP) is -0.801. The molecule has 0 radical (unpaired) electrons. The molecule has 5 rings (SSSR count). The first-order chi connectivity index (χ1) is 12.7. The molecule has 6 heteroatoms. The first-order valence-corrected chi connectivity index (χ1v) is 11.6. The zero-order valence-electron chi connectivity index (χ0n) is 15.7. The van der Waals surface area contributed by atoms with Gasteiger partial charge in [0.05, 0.1) is 0 Å². The number of allylic oxidation sites excluding steroid dienone is 5. The molecular weight excluding hydrogens is 468 g/mol. The molecule has 0 aliphatic heterocycles. The van der Waals surface area contributed by atoms with Gasteiger partial charge < -0.3 is 24.8 Å². The molecule has 0 fully saturated rings. The number of benzene rings is 2. The van der Waals surface area contributed by atoms with Crippen molar-refractivity contribution in [3.63, 3.8) is 0 Å². The Labute approximate surface area is 189 Å². The normalized spacial score (nSPS) is 17.4. The predicted molar refractivity (Wildman–Crippen MR) is 102 cm³/mol. The van der Waals surface area contributed by atoms with Crippen LogP contribution in [0.1, 0.15) is 35.0 Å². The maximum Gasteiger partial charge on any atom is -1.00 e. The quantitative estimate of drug-likeness (QED) is 0.485. The van der Waals surface area contributed by atoms with Crippen LogP contribution >= 0.6 is 0 Å². The van der Waals surface area contributed by atoms with Crippen LogP contribution in [0.15, 0.2) is 69.0 Å². The van der Waals surface area contributed by atoms with E-state index in [-0.39, 0.29) is 24.8 Å². The Morgan fingerprint density at radius 2 is 1.75 bits per heavy atom. The molecule has 0 spiro atoms. The summed E-state index contributed by atoms with van der Waals surface area (Å²) < 4.78 is 4.28. The molecular formula is C22H19Cl2N3Zr. The van der Waals surface area contributed by atoms with Gasteiger partial charge in [-0.2, -0.15) is 0 Å². The van der Waals surface area contributed by atoms with E-state index in [4.69, 9.17) is 0 Å². The average molecular weight is 488 g/mol. The molecule has 0 saturated carbocycles. The summed E-state index contributed by atoms with van der Waals surface area (Å²) >= 11 is -0.831. The number of halogens is 2. The molecule has 2 aliphatic rings. The number of aromatic nitrogens is 3. The number of hydrogen-bond acceptors (Lipinski definition) is 2. The summed E-state index contributed by atoms with van der Waals surface area (Å²) in [5, 5.41) is 8.90. The summed E-state index contributed by atoms with van der Waals surface area (Å²) in [7, 11) is 0. The van der Waals surface area contributed by atoms with Crippen LogP contribution < -0.4 is 24.8 Å². The summed E-state index contributed by atoms with van der Waals surface area (Å²) in [4.78, 5) is 0. The molecule has 3 nitrogen and oxygen atoms in total. The summed E-state index contributed by atoms with van der Waals surface area (Å²) in [6, 6.07) is 17.1. The zero-order chi connectivity index (χ0) is 17.7. The minimum Gasteiger partial charge on any atom is -1.00 e. The van der Waals surface area contributed by atoms with E-state index in [1.54, 1.807) is 3.28 Å². The van der Waals surface area contributed by atoms with E-state index in [0.29, 0.717) is 3.63 Å². The summed E-state index contributed by atoms with van der Waals surface area (Å²) in [6.45, 7) is 4.54. The Hall–Kier alpha value is -1.48. The third-order valence-corrected chi connectivity index (χ3v) is 9.96. The van der Waals surface area contributed by atoms with Gasteiger partial charge in [-0.25, -0.2) is 0 Å². The maximum atomic E-state index is 4.52. The van der Waals surface area contributed by atoms with Crippen LogP contribution in [0.25, 0.3) is 22.8 Å². The van der Waals surface area contributed by atoms with Crippen LogP contribution in [-0.4, -0.2) is 15.0 Å². The molecule has 2 aromatic carbocycles. The minimum absolute atomic E-state index is 0. The molecule has 1 atom stereocenters. The first kappa shape index (κ1) is 21.2. The van der Waals surface area contributed by atoms with Gasteiger partial charge in [0.15, 0.2) is 0 Å². The van der Waals surface area contributed by atoms with E-state index >= 15 is 0 Å². The number of nitrogens with zero attached hydrogens (tertiary/aromatic N) is 3. The second-order valence-corrected chi connectivity index (χ2v) is 10.6. The van der Waals surface area contributed by atoms with Gasteiger partial charge in [0.1, 0.15) is 0 Å². The van der Waals surface area contributed by atoms with Gasteiger partial charge >= 0.3 is 165 Å². The largest absolute Gasteiger partial charge is 1.00 e. The third kappa shape index (κ3) is 3.47. The Morgan fingerprint density at radius 3 is 2.54 bits per heavy atom. The van der Waals surface area contributed by atoms with E-state index in [1.165, 1.54) is 28.0 Å². The number of hydrogen-bond donors (Lipinski definition) is 0. The van der Waals surface area contributed by atoms with Crippen LogP contribution in [-0.2, 0) is 23.2 Å². The number of fused-ring (bicyclic) bond motifs is 2. The van der Waals surface area contributed by atoms with Crippen molar-refractivity contribution >= 4 is 22.8 Å². The van der Waals surface area contributed by atoms with Crippen LogP contribution in [0.4, 0.5) is 0 Å². The summed E-state index contributed by atoms with van der Waals surface area (Å²) in [6.07, 6.45) is 5.86. The second-order valence-electron chi connectivity index (χ2n) is 6.96. The smallest absolute Gasteiger partial charge is 1.00 e. The molecule has 1 unspecified atom stereocenters. The fourth-order valence-electron chi connectivity index (χ4n) is 3.84. The van der Waals surface area contributed by atoms with Crippen LogP contribution in [0.5, 0.6) is 0 Å². The molecule has 2 aliphatic carbocycles. The standard InChI is InChI=1S/C15H10N3.C7H9.2ClH.Zr/c1-2-6-12-10-13(9-11(12)5-1)18-15-8-4-3-7-14(15)16-17-18;1-6-4-3-5-7(6)2;;;/h1-10H;4H,3H2,1-2H3;2*1H;/q;;;;+2/p-2. The van der Waals surface area contributed by atoms with Crippen molar-refractivity contribution in [1.82, 2.24) is 15.0 Å². The fraction of sp³-hybridized carbons (Fsp3) is 0.182. The van der Waals surface area contributed by atoms with Crippen molar-refractivity contribution < 1.29 is 48.0 Å². The van der Waals surface area contributed by atoms with E-state index in [9.17, 15) is 0 Å². The number of para-hydroxylation sites is 1. The minimum atomic E-state index is -0.831. The summed E-state index contributed by atoms with van der Waals surface area (Å²) in [5.74, 6) is 0. The topological polar surface area (TPSA) is 30.7 Å². The molecule has 140 valence electrons. The van der Waals surface area contributed by atoms with Crippen LogP contribution in [0.2, 0.25) is 0 Å². The van der Waals surface area contributed by atoms with Gasteiger partial charge in [0.25, 0.3) is 0 Å². The molecule has 0 N–H and O–H groups in total. The molecule has 1 heterocycles. The average Bonchev–Trinajstić information content (AvgIpc) is 3.34. The van der Waals surface area contributed by atoms with E-state index in [1.807, 2.05) is 12.1 Å². The van der Waals surface area contributed by atoms with Gasteiger partial charge in [0, 0.05) is 0 Å². The van der Waals surface area contributed by atoms with Crippen molar-refractivity contribution in [2.75, 3.05) is 0 Å². The van der Waals surface area contributed by atoms with Crippen molar-refractivity contribution in [2.24, 2.45) is 0 Å². The van der Waals surface area contributed by atoms with E-state index in [0.717, 1.165) is 17.5 Å². The molecule has 0 amide bonds. The Balaban J connectivity index is 0.00000112.